The number of anilines is 1. The van der Waals surface area contributed by atoms with Gasteiger partial charge >= 0.3 is 0 Å². The Balaban J connectivity index is 0.00000240. The lowest BCUT2D eigenvalue weighted by atomic mass is 9.90. The third kappa shape index (κ3) is 6.69. The standard InChI is InChI=1S/C22H27N5O2.2ClH/c1-14(2)11-22(3,12-23)27-21(29)15-5-4-6-17(9-15)26-20(28)16-7-8-18-19(10-16)25-13-24-18;;/h4-10,13-14H,11-12,23H2,1-3H3,(H,24,25)(H,26,28)(H,27,29);2*1H. The Kier molecular flexibility index (Phi) is 9.49. The van der Waals surface area contributed by atoms with Gasteiger partial charge in [-0.3, -0.25) is 9.59 Å². The molecule has 0 spiro atoms. The summed E-state index contributed by atoms with van der Waals surface area (Å²) in [5.41, 5.74) is 8.52. The van der Waals surface area contributed by atoms with E-state index in [2.05, 4.69) is 34.4 Å². The summed E-state index contributed by atoms with van der Waals surface area (Å²) in [6, 6.07) is 12.1. The molecule has 0 saturated carbocycles. The molecule has 3 aromatic rings. The van der Waals surface area contributed by atoms with E-state index in [0.717, 1.165) is 17.5 Å². The highest BCUT2D eigenvalue weighted by molar-refractivity contribution is 6.06. The molecule has 9 heteroatoms. The van der Waals surface area contributed by atoms with Crippen molar-refractivity contribution in [1.29, 1.82) is 0 Å². The third-order valence-corrected chi connectivity index (χ3v) is 4.79. The summed E-state index contributed by atoms with van der Waals surface area (Å²) in [4.78, 5) is 32.5. The fraction of sp³-hybridized carbons (Fsp3) is 0.318. The molecule has 3 rings (SSSR count). The summed E-state index contributed by atoms with van der Waals surface area (Å²) in [5, 5.41) is 5.87. The van der Waals surface area contributed by atoms with Gasteiger partial charge in [0.05, 0.1) is 17.4 Å². The quantitative estimate of drug-likeness (QED) is 0.419. The summed E-state index contributed by atoms with van der Waals surface area (Å²) in [7, 11) is 0. The Labute approximate surface area is 194 Å². The van der Waals surface area contributed by atoms with Gasteiger partial charge in [-0.2, -0.15) is 0 Å². The largest absolute Gasteiger partial charge is 0.346 e. The van der Waals surface area contributed by atoms with Gasteiger partial charge in [0, 0.05) is 28.9 Å². The topological polar surface area (TPSA) is 113 Å². The number of benzene rings is 2. The maximum absolute atomic E-state index is 12.7. The van der Waals surface area contributed by atoms with Crippen LogP contribution in [0.5, 0.6) is 0 Å². The van der Waals surface area contributed by atoms with E-state index in [0.29, 0.717) is 29.3 Å². The third-order valence-electron chi connectivity index (χ3n) is 4.79. The second kappa shape index (κ2) is 11.1. The molecule has 1 atom stereocenters. The number of aromatic nitrogens is 2. The monoisotopic (exact) mass is 465 g/mol. The highest BCUT2D eigenvalue weighted by Gasteiger charge is 2.26. The molecule has 5 N–H and O–H groups in total. The van der Waals surface area contributed by atoms with Crippen molar-refractivity contribution in [3.8, 4) is 0 Å². The summed E-state index contributed by atoms with van der Waals surface area (Å²) in [6.07, 6.45) is 2.37. The first kappa shape index (κ1) is 26.4. The van der Waals surface area contributed by atoms with Gasteiger partial charge in [0.15, 0.2) is 0 Å². The smallest absolute Gasteiger partial charge is 0.255 e. The van der Waals surface area contributed by atoms with Crippen molar-refractivity contribution >= 4 is 53.3 Å². The lowest BCUT2D eigenvalue weighted by molar-refractivity contribution is 0.0897. The number of halogens is 2. The Morgan fingerprint density at radius 1 is 1.10 bits per heavy atom. The Morgan fingerprint density at radius 3 is 2.48 bits per heavy atom. The van der Waals surface area contributed by atoms with Crippen LogP contribution in [0.2, 0.25) is 0 Å². The number of hydrogen-bond acceptors (Lipinski definition) is 4. The number of nitrogens with two attached hydrogens (primary N) is 1. The van der Waals surface area contributed by atoms with Crippen molar-refractivity contribution < 1.29 is 9.59 Å². The number of aromatic amines is 1. The van der Waals surface area contributed by atoms with Gasteiger partial charge in [-0.25, -0.2) is 4.98 Å². The molecule has 0 aliphatic heterocycles. The molecule has 0 bridgehead atoms. The van der Waals surface area contributed by atoms with Gasteiger partial charge in [-0.15, -0.1) is 24.8 Å². The van der Waals surface area contributed by atoms with Crippen LogP contribution in [0.15, 0.2) is 48.8 Å². The van der Waals surface area contributed by atoms with Crippen molar-refractivity contribution in [2.45, 2.75) is 32.7 Å². The van der Waals surface area contributed by atoms with Crippen LogP contribution in [-0.4, -0.2) is 33.9 Å². The molecule has 0 saturated heterocycles. The Hall–Kier alpha value is -2.61. The van der Waals surface area contributed by atoms with Crippen LogP contribution in [0.25, 0.3) is 11.0 Å². The summed E-state index contributed by atoms with van der Waals surface area (Å²) < 4.78 is 0. The fourth-order valence-corrected chi connectivity index (χ4v) is 3.45. The van der Waals surface area contributed by atoms with Crippen molar-refractivity contribution in [3.05, 3.63) is 59.9 Å². The van der Waals surface area contributed by atoms with Crippen LogP contribution in [0.1, 0.15) is 47.9 Å². The van der Waals surface area contributed by atoms with Crippen LogP contribution in [0.3, 0.4) is 0 Å². The SMILES string of the molecule is CC(C)CC(C)(CN)NC(=O)c1cccc(NC(=O)c2ccc3nc[nH]c3c2)c1.Cl.Cl. The lowest BCUT2D eigenvalue weighted by Crippen LogP contribution is -2.52. The minimum atomic E-state index is -0.482. The normalized spacial score (nSPS) is 12.4. The van der Waals surface area contributed by atoms with E-state index < -0.39 is 5.54 Å². The minimum Gasteiger partial charge on any atom is -0.346 e. The maximum Gasteiger partial charge on any atom is 0.255 e. The number of carbonyl (C=O) groups excluding carboxylic acids is 2. The molecule has 31 heavy (non-hydrogen) atoms. The molecule has 0 fully saturated rings. The second-order valence-electron chi connectivity index (χ2n) is 7.99. The van der Waals surface area contributed by atoms with Crippen molar-refractivity contribution in [3.63, 3.8) is 0 Å². The summed E-state index contributed by atoms with van der Waals surface area (Å²) in [5.74, 6) is -0.0686. The van der Waals surface area contributed by atoms with Crippen LogP contribution < -0.4 is 16.4 Å². The molecular formula is C22H29Cl2N5O2. The van der Waals surface area contributed by atoms with Crippen LogP contribution in [0, 0.1) is 5.92 Å². The number of nitrogens with one attached hydrogen (secondary N) is 3. The lowest BCUT2D eigenvalue weighted by Gasteiger charge is -2.31. The van der Waals surface area contributed by atoms with Gasteiger partial charge in [0.2, 0.25) is 0 Å². The highest BCUT2D eigenvalue weighted by Crippen LogP contribution is 2.18. The number of H-pyrrole nitrogens is 1. The Morgan fingerprint density at radius 2 is 1.81 bits per heavy atom. The number of imidazole rings is 1. The molecule has 0 aliphatic carbocycles. The number of hydrogen-bond donors (Lipinski definition) is 4. The minimum absolute atomic E-state index is 0. The van der Waals surface area contributed by atoms with Gasteiger partial charge in [-0.05, 0) is 55.7 Å². The van der Waals surface area contributed by atoms with Crippen molar-refractivity contribution in [2.24, 2.45) is 11.7 Å². The zero-order valence-electron chi connectivity index (χ0n) is 17.8. The number of fused-ring (bicyclic) bond motifs is 1. The van der Waals surface area contributed by atoms with E-state index in [1.807, 2.05) is 6.92 Å². The first-order valence-electron chi connectivity index (χ1n) is 9.67. The van der Waals surface area contributed by atoms with Crippen LogP contribution in [0.4, 0.5) is 5.69 Å². The van der Waals surface area contributed by atoms with E-state index in [4.69, 9.17) is 5.73 Å². The van der Waals surface area contributed by atoms with E-state index in [1.54, 1.807) is 48.8 Å². The molecule has 7 nitrogen and oxygen atoms in total. The first-order valence-corrected chi connectivity index (χ1v) is 9.67. The molecule has 168 valence electrons. The molecular weight excluding hydrogens is 437 g/mol. The zero-order chi connectivity index (χ0) is 21.0. The molecule has 1 unspecified atom stereocenters. The predicted molar refractivity (Wildman–Crippen MR) is 129 cm³/mol. The molecule has 2 amide bonds. The maximum atomic E-state index is 12.7. The fourth-order valence-electron chi connectivity index (χ4n) is 3.45. The average Bonchev–Trinajstić information content (AvgIpc) is 3.15. The van der Waals surface area contributed by atoms with E-state index in [1.165, 1.54) is 0 Å². The van der Waals surface area contributed by atoms with Crippen molar-refractivity contribution in [2.75, 3.05) is 11.9 Å². The summed E-state index contributed by atoms with van der Waals surface area (Å²) >= 11 is 0. The molecule has 0 radical (unpaired) electrons. The average molecular weight is 466 g/mol. The van der Waals surface area contributed by atoms with Crippen LogP contribution in [-0.2, 0) is 0 Å². The molecule has 1 heterocycles. The number of nitrogens with zero attached hydrogens (tertiary/aromatic N) is 1. The van der Waals surface area contributed by atoms with E-state index in [9.17, 15) is 9.59 Å². The van der Waals surface area contributed by atoms with Gasteiger partial charge in [0.1, 0.15) is 0 Å². The molecule has 1 aromatic heterocycles. The number of carbonyl (C=O) groups is 2. The number of rotatable bonds is 7. The van der Waals surface area contributed by atoms with E-state index in [-0.39, 0.29) is 36.6 Å². The van der Waals surface area contributed by atoms with Gasteiger partial charge in [0.25, 0.3) is 11.8 Å². The highest BCUT2D eigenvalue weighted by atomic mass is 35.5. The molecule has 2 aromatic carbocycles. The van der Waals surface area contributed by atoms with Crippen molar-refractivity contribution in [1.82, 2.24) is 15.3 Å². The van der Waals surface area contributed by atoms with E-state index >= 15 is 0 Å². The van der Waals surface area contributed by atoms with Crippen LogP contribution >= 0.6 is 24.8 Å². The zero-order valence-corrected chi connectivity index (χ0v) is 19.4. The Bertz CT molecular complexity index is 1040. The number of amides is 2. The first-order chi connectivity index (χ1) is 13.8. The molecule has 0 aliphatic rings. The summed E-state index contributed by atoms with van der Waals surface area (Å²) in [6.45, 7) is 6.49. The van der Waals surface area contributed by atoms with Gasteiger partial charge in [-0.1, -0.05) is 19.9 Å². The van der Waals surface area contributed by atoms with Gasteiger partial charge < -0.3 is 21.4 Å². The second-order valence-corrected chi connectivity index (χ2v) is 7.99. The predicted octanol–water partition coefficient (Wildman–Crippen LogP) is 4.15.